The van der Waals surface area contributed by atoms with E-state index in [4.69, 9.17) is 11.6 Å². The Bertz CT molecular complexity index is 659. The second-order valence-corrected chi connectivity index (χ2v) is 5.30. The number of benzene rings is 1. The third kappa shape index (κ3) is 3.00. The highest BCUT2D eigenvalue weighted by molar-refractivity contribution is 6.31. The number of halogens is 2. The van der Waals surface area contributed by atoms with Gasteiger partial charge in [0.25, 0.3) is 0 Å². The Balaban J connectivity index is 2.52. The molecule has 0 unspecified atom stereocenters. The molecule has 0 aliphatic rings. The van der Waals surface area contributed by atoms with Gasteiger partial charge < -0.3 is 0 Å². The average Bonchev–Trinajstić information content (AvgIpc) is 2.80. The van der Waals surface area contributed by atoms with Crippen molar-refractivity contribution in [1.29, 1.82) is 0 Å². The van der Waals surface area contributed by atoms with Gasteiger partial charge in [0.2, 0.25) is 0 Å². The molecule has 0 saturated carbocycles. The number of rotatable bonds is 5. The van der Waals surface area contributed by atoms with Crippen molar-refractivity contribution in [3.05, 3.63) is 51.6 Å². The molecule has 0 bridgehead atoms. The van der Waals surface area contributed by atoms with Crippen molar-refractivity contribution in [2.75, 3.05) is 0 Å². The largest absolute Gasteiger partial charge is 0.294 e. The molecule has 0 saturated heterocycles. The summed E-state index contributed by atoms with van der Waals surface area (Å²) in [6.45, 7) is 5.68. The van der Waals surface area contributed by atoms with Crippen molar-refractivity contribution in [3.8, 4) is 0 Å². The summed E-state index contributed by atoms with van der Waals surface area (Å²) in [5.41, 5.74) is 2.65. The molecule has 3 nitrogen and oxygen atoms in total. The first-order valence-electron chi connectivity index (χ1n) is 7.01. The molecule has 0 atom stereocenters. The molecule has 2 aromatic rings. The Kier molecular flexibility index (Phi) is 4.78. The van der Waals surface area contributed by atoms with E-state index in [1.165, 1.54) is 13.0 Å². The standard InChI is InChI=1S/C16H18ClFN2O/c1-4-14-16(10(3)21)15(5-2)20(19-14)9-11-12(17)7-6-8-13(11)18/h6-8H,4-5,9H2,1-3H3. The molecule has 0 spiro atoms. The summed E-state index contributed by atoms with van der Waals surface area (Å²) >= 11 is 6.07. The van der Waals surface area contributed by atoms with Gasteiger partial charge in [0, 0.05) is 16.3 Å². The van der Waals surface area contributed by atoms with E-state index in [-0.39, 0.29) is 18.1 Å². The molecule has 1 aromatic carbocycles. The fourth-order valence-electron chi connectivity index (χ4n) is 2.53. The van der Waals surface area contributed by atoms with Gasteiger partial charge in [-0.25, -0.2) is 4.39 Å². The van der Waals surface area contributed by atoms with Gasteiger partial charge in [-0.15, -0.1) is 0 Å². The van der Waals surface area contributed by atoms with E-state index < -0.39 is 0 Å². The molecule has 0 radical (unpaired) electrons. The van der Waals surface area contributed by atoms with Crippen molar-refractivity contribution in [2.45, 2.75) is 40.2 Å². The lowest BCUT2D eigenvalue weighted by molar-refractivity contribution is 0.101. The highest BCUT2D eigenvalue weighted by atomic mass is 35.5. The maximum atomic E-state index is 13.9. The number of hydrogen-bond acceptors (Lipinski definition) is 2. The van der Waals surface area contributed by atoms with Crippen molar-refractivity contribution in [1.82, 2.24) is 9.78 Å². The summed E-state index contributed by atoms with van der Waals surface area (Å²) in [4.78, 5) is 11.9. The van der Waals surface area contributed by atoms with Gasteiger partial charge in [-0.3, -0.25) is 9.48 Å². The van der Waals surface area contributed by atoms with Crippen LogP contribution in [0.5, 0.6) is 0 Å². The van der Waals surface area contributed by atoms with E-state index >= 15 is 0 Å². The second kappa shape index (κ2) is 6.39. The first-order valence-corrected chi connectivity index (χ1v) is 7.39. The lowest BCUT2D eigenvalue weighted by Gasteiger charge is -2.09. The smallest absolute Gasteiger partial charge is 0.163 e. The molecule has 112 valence electrons. The Hall–Kier alpha value is -1.68. The van der Waals surface area contributed by atoms with Gasteiger partial charge in [-0.05, 0) is 31.9 Å². The topological polar surface area (TPSA) is 34.9 Å². The number of aryl methyl sites for hydroxylation is 1. The molecule has 0 N–H and O–H groups in total. The van der Waals surface area contributed by atoms with Crippen LogP contribution in [-0.2, 0) is 19.4 Å². The van der Waals surface area contributed by atoms with E-state index in [9.17, 15) is 9.18 Å². The fraction of sp³-hybridized carbons (Fsp3) is 0.375. The zero-order valence-electron chi connectivity index (χ0n) is 12.4. The van der Waals surface area contributed by atoms with E-state index in [1.807, 2.05) is 13.8 Å². The Morgan fingerprint density at radius 2 is 2.05 bits per heavy atom. The second-order valence-electron chi connectivity index (χ2n) is 4.89. The summed E-state index contributed by atoms with van der Waals surface area (Å²) in [5, 5.41) is 4.84. The van der Waals surface area contributed by atoms with Crippen molar-refractivity contribution < 1.29 is 9.18 Å². The van der Waals surface area contributed by atoms with Crippen LogP contribution in [0.1, 0.15) is 48.1 Å². The summed E-state index contributed by atoms with van der Waals surface area (Å²) in [5.74, 6) is -0.364. The van der Waals surface area contributed by atoms with Crippen LogP contribution in [0.4, 0.5) is 4.39 Å². The molecular formula is C16H18ClFN2O. The molecule has 5 heteroatoms. The minimum absolute atomic E-state index is 0.00502. The number of carbonyl (C=O) groups excluding carboxylic acids is 1. The van der Waals surface area contributed by atoms with Crippen LogP contribution in [0.15, 0.2) is 18.2 Å². The van der Waals surface area contributed by atoms with Gasteiger partial charge in [-0.2, -0.15) is 5.10 Å². The number of aromatic nitrogens is 2. The van der Waals surface area contributed by atoms with Crippen molar-refractivity contribution >= 4 is 17.4 Å². The SMILES string of the molecule is CCc1nn(Cc2c(F)cccc2Cl)c(CC)c1C(C)=O. The molecule has 21 heavy (non-hydrogen) atoms. The number of carbonyl (C=O) groups is 1. The molecule has 1 aromatic heterocycles. The van der Waals surface area contributed by atoms with Gasteiger partial charge in [0.1, 0.15) is 5.82 Å². The Labute approximate surface area is 128 Å². The van der Waals surface area contributed by atoms with E-state index in [0.29, 0.717) is 29.0 Å². The fourth-order valence-corrected chi connectivity index (χ4v) is 2.75. The monoisotopic (exact) mass is 308 g/mol. The van der Waals surface area contributed by atoms with Gasteiger partial charge in [0.15, 0.2) is 5.78 Å². The normalized spacial score (nSPS) is 10.9. The Morgan fingerprint density at radius 1 is 1.33 bits per heavy atom. The molecular weight excluding hydrogens is 291 g/mol. The lowest BCUT2D eigenvalue weighted by Crippen LogP contribution is -2.09. The Morgan fingerprint density at radius 3 is 2.57 bits per heavy atom. The summed E-state index contributed by atoms with van der Waals surface area (Å²) in [6, 6.07) is 4.61. The summed E-state index contributed by atoms with van der Waals surface area (Å²) < 4.78 is 15.6. The van der Waals surface area contributed by atoms with Gasteiger partial charge in [0.05, 0.1) is 17.8 Å². The highest BCUT2D eigenvalue weighted by Crippen LogP contribution is 2.23. The first-order chi connectivity index (χ1) is 9.99. The molecule has 1 heterocycles. The van der Waals surface area contributed by atoms with Crippen LogP contribution in [-0.4, -0.2) is 15.6 Å². The maximum Gasteiger partial charge on any atom is 0.163 e. The summed E-state index contributed by atoms with van der Waals surface area (Å²) in [7, 11) is 0. The third-order valence-corrected chi connectivity index (χ3v) is 3.88. The summed E-state index contributed by atoms with van der Waals surface area (Å²) in [6.07, 6.45) is 1.33. The number of ketones is 1. The highest BCUT2D eigenvalue weighted by Gasteiger charge is 2.20. The van der Waals surface area contributed by atoms with Crippen LogP contribution < -0.4 is 0 Å². The minimum Gasteiger partial charge on any atom is -0.294 e. The third-order valence-electron chi connectivity index (χ3n) is 3.52. The lowest BCUT2D eigenvalue weighted by atomic mass is 10.1. The van der Waals surface area contributed by atoms with E-state index in [2.05, 4.69) is 5.10 Å². The van der Waals surface area contributed by atoms with Crippen LogP contribution in [0.25, 0.3) is 0 Å². The molecule has 0 fully saturated rings. The zero-order chi connectivity index (χ0) is 15.6. The number of nitrogens with zero attached hydrogens (tertiary/aromatic N) is 2. The predicted molar refractivity (Wildman–Crippen MR) is 81.5 cm³/mol. The maximum absolute atomic E-state index is 13.9. The van der Waals surface area contributed by atoms with Crippen molar-refractivity contribution in [2.24, 2.45) is 0 Å². The predicted octanol–water partition coefficient (Wildman–Crippen LogP) is 4.05. The molecule has 2 rings (SSSR count). The first kappa shape index (κ1) is 15.7. The van der Waals surface area contributed by atoms with Crippen LogP contribution >= 0.6 is 11.6 Å². The van der Waals surface area contributed by atoms with Crippen molar-refractivity contribution in [3.63, 3.8) is 0 Å². The molecule has 0 amide bonds. The van der Waals surface area contributed by atoms with Crippen LogP contribution in [0, 0.1) is 5.82 Å². The molecule has 0 aliphatic heterocycles. The van der Waals surface area contributed by atoms with E-state index in [0.717, 1.165) is 11.4 Å². The molecule has 0 aliphatic carbocycles. The minimum atomic E-state index is -0.359. The van der Waals surface area contributed by atoms with Gasteiger partial charge >= 0.3 is 0 Å². The average molecular weight is 309 g/mol. The van der Waals surface area contributed by atoms with E-state index in [1.54, 1.807) is 16.8 Å². The zero-order valence-corrected chi connectivity index (χ0v) is 13.2. The van der Waals surface area contributed by atoms with Gasteiger partial charge in [-0.1, -0.05) is 31.5 Å². The van der Waals surface area contributed by atoms with Crippen LogP contribution in [0.3, 0.4) is 0 Å². The quantitative estimate of drug-likeness (QED) is 0.781. The number of Topliss-reactive ketones (excluding diaryl/α,β-unsaturated/α-hetero) is 1. The number of hydrogen-bond donors (Lipinski definition) is 0. The van der Waals surface area contributed by atoms with Crippen LogP contribution in [0.2, 0.25) is 5.02 Å².